The van der Waals surface area contributed by atoms with Crippen LogP contribution in [0.1, 0.15) is 58.3 Å². The number of carbonyl (C=O) groups excluding carboxylic acids is 1. The largest absolute Gasteiger partial charge is 0.381 e. The minimum atomic E-state index is -0.316. The van der Waals surface area contributed by atoms with E-state index in [-0.39, 0.29) is 16.9 Å². The Hall–Kier alpha value is -0.610. The molecule has 0 aromatic carbocycles. The minimum absolute atomic E-state index is 0.0194. The van der Waals surface area contributed by atoms with E-state index in [1.807, 2.05) is 0 Å². The van der Waals surface area contributed by atoms with Crippen LogP contribution in [0.3, 0.4) is 0 Å². The Kier molecular flexibility index (Phi) is 4.28. The highest BCUT2D eigenvalue weighted by Gasteiger charge is 2.44. The number of rotatable bonds is 1. The maximum absolute atomic E-state index is 13.0. The lowest BCUT2D eigenvalue weighted by molar-refractivity contribution is -0.145. The van der Waals surface area contributed by atoms with Gasteiger partial charge in [-0.2, -0.15) is 0 Å². The fourth-order valence-corrected chi connectivity index (χ4v) is 4.61. The maximum Gasteiger partial charge on any atom is 0.227 e. The highest BCUT2D eigenvalue weighted by atomic mass is 16.5. The highest BCUT2D eigenvalue weighted by Crippen LogP contribution is 2.39. The van der Waals surface area contributed by atoms with Gasteiger partial charge in [0.2, 0.25) is 5.91 Å². The molecule has 4 nitrogen and oxygen atoms in total. The smallest absolute Gasteiger partial charge is 0.227 e. The Bertz CT molecular complexity index is 383. The van der Waals surface area contributed by atoms with E-state index >= 15 is 0 Å². The lowest BCUT2D eigenvalue weighted by Crippen LogP contribution is -2.57. The fourth-order valence-electron chi connectivity index (χ4n) is 4.61. The molecule has 2 saturated heterocycles. The van der Waals surface area contributed by atoms with Gasteiger partial charge in [-0.1, -0.05) is 12.8 Å². The molecule has 1 saturated carbocycles. The zero-order chi connectivity index (χ0) is 14.9. The Morgan fingerprint density at radius 3 is 2.71 bits per heavy atom. The summed E-state index contributed by atoms with van der Waals surface area (Å²) in [7, 11) is 0. The molecule has 0 aromatic heterocycles. The first-order valence-corrected chi connectivity index (χ1v) is 8.68. The first-order valence-electron chi connectivity index (χ1n) is 8.68. The van der Waals surface area contributed by atoms with Crippen LogP contribution in [0.15, 0.2) is 0 Å². The number of hydrogen-bond donors (Lipinski definition) is 1. The number of nitrogens with zero attached hydrogens (tertiary/aromatic N) is 1. The van der Waals surface area contributed by atoms with Crippen molar-refractivity contribution >= 4 is 5.91 Å². The van der Waals surface area contributed by atoms with E-state index in [9.17, 15) is 4.79 Å². The topological polar surface area (TPSA) is 55.6 Å². The normalized spacial score (nSPS) is 41.2. The summed E-state index contributed by atoms with van der Waals surface area (Å²) in [4.78, 5) is 15.1. The molecule has 3 aliphatic rings. The van der Waals surface area contributed by atoms with E-state index < -0.39 is 0 Å². The van der Waals surface area contributed by atoms with Crippen LogP contribution in [0.25, 0.3) is 0 Å². The van der Waals surface area contributed by atoms with Gasteiger partial charge >= 0.3 is 0 Å². The Balaban J connectivity index is 1.69. The summed E-state index contributed by atoms with van der Waals surface area (Å²) in [6.07, 6.45) is 8.92. The molecule has 3 atom stereocenters. The van der Waals surface area contributed by atoms with Crippen LogP contribution in [-0.4, -0.2) is 42.6 Å². The molecule has 4 heteroatoms. The molecule has 3 unspecified atom stereocenters. The average Bonchev–Trinajstić information content (AvgIpc) is 2.47. The average molecular weight is 294 g/mol. The monoisotopic (exact) mass is 294 g/mol. The number of carbonyl (C=O) groups is 1. The molecule has 2 N–H and O–H groups in total. The zero-order valence-electron chi connectivity index (χ0n) is 13.4. The molecule has 3 rings (SSSR count). The number of nitrogens with two attached hydrogens (primary N) is 1. The summed E-state index contributed by atoms with van der Waals surface area (Å²) in [5.74, 6) is 0.329. The molecule has 2 aliphatic heterocycles. The molecule has 2 heterocycles. The van der Waals surface area contributed by atoms with Crippen molar-refractivity contribution in [1.82, 2.24) is 4.90 Å². The van der Waals surface area contributed by atoms with E-state index in [1.165, 1.54) is 12.8 Å². The second-order valence-electron chi connectivity index (χ2n) is 7.82. The molecule has 120 valence electrons. The van der Waals surface area contributed by atoms with Crippen LogP contribution in [0.4, 0.5) is 0 Å². The summed E-state index contributed by atoms with van der Waals surface area (Å²) < 4.78 is 5.71. The Morgan fingerprint density at radius 2 is 2.00 bits per heavy atom. The van der Waals surface area contributed by atoms with Crippen molar-refractivity contribution in [3.63, 3.8) is 0 Å². The van der Waals surface area contributed by atoms with Crippen molar-refractivity contribution in [2.75, 3.05) is 26.3 Å². The van der Waals surface area contributed by atoms with Gasteiger partial charge in [-0.05, 0) is 45.4 Å². The number of piperidine rings is 1. The summed E-state index contributed by atoms with van der Waals surface area (Å²) in [5, 5.41) is 0. The standard InChI is InChI=1S/C17H30N2O2/c1-16(18)7-3-2-6-14(16)15(20)19-10-4-8-17(12-19)9-5-11-21-13-17/h14H,2-13,18H2,1H3. The number of amides is 1. The molecule has 1 aliphatic carbocycles. The zero-order valence-corrected chi connectivity index (χ0v) is 13.4. The van der Waals surface area contributed by atoms with Crippen molar-refractivity contribution in [1.29, 1.82) is 0 Å². The molecule has 1 spiro atoms. The minimum Gasteiger partial charge on any atom is -0.381 e. The predicted molar refractivity (Wildman–Crippen MR) is 82.9 cm³/mol. The lowest BCUT2D eigenvalue weighted by Gasteiger charge is -2.47. The summed E-state index contributed by atoms with van der Waals surface area (Å²) >= 11 is 0. The lowest BCUT2D eigenvalue weighted by atomic mass is 9.72. The molecule has 21 heavy (non-hydrogen) atoms. The van der Waals surface area contributed by atoms with Crippen LogP contribution >= 0.6 is 0 Å². The van der Waals surface area contributed by atoms with E-state index in [4.69, 9.17) is 10.5 Å². The highest BCUT2D eigenvalue weighted by molar-refractivity contribution is 5.80. The molecule has 1 amide bonds. The van der Waals surface area contributed by atoms with Crippen molar-refractivity contribution in [3.8, 4) is 0 Å². The van der Waals surface area contributed by atoms with Crippen LogP contribution < -0.4 is 5.73 Å². The Labute approximate surface area is 128 Å². The van der Waals surface area contributed by atoms with E-state index in [0.29, 0.717) is 5.91 Å². The predicted octanol–water partition coefficient (Wildman–Crippen LogP) is 2.31. The third-order valence-corrected chi connectivity index (χ3v) is 5.93. The summed E-state index contributed by atoms with van der Waals surface area (Å²) in [6, 6.07) is 0. The van der Waals surface area contributed by atoms with Crippen LogP contribution in [0.5, 0.6) is 0 Å². The Morgan fingerprint density at radius 1 is 1.19 bits per heavy atom. The van der Waals surface area contributed by atoms with E-state index in [2.05, 4.69) is 11.8 Å². The summed E-state index contributed by atoms with van der Waals surface area (Å²) in [6.45, 7) is 5.59. The SMILES string of the molecule is CC1(N)CCCCC1C(=O)N1CCCC2(CCCOC2)C1. The van der Waals surface area contributed by atoms with Crippen LogP contribution in [0.2, 0.25) is 0 Å². The van der Waals surface area contributed by atoms with E-state index in [1.54, 1.807) is 0 Å². The first-order chi connectivity index (χ1) is 10.0. The van der Waals surface area contributed by atoms with Gasteiger partial charge in [-0.3, -0.25) is 4.79 Å². The van der Waals surface area contributed by atoms with Crippen LogP contribution in [0, 0.1) is 11.3 Å². The molecular formula is C17H30N2O2. The van der Waals surface area contributed by atoms with Gasteiger partial charge in [0.05, 0.1) is 12.5 Å². The van der Waals surface area contributed by atoms with Gasteiger partial charge in [-0.25, -0.2) is 0 Å². The summed E-state index contributed by atoms with van der Waals surface area (Å²) in [5.41, 5.74) is 6.34. The molecular weight excluding hydrogens is 264 g/mol. The van der Waals surface area contributed by atoms with Gasteiger partial charge in [0.15, 0.2) is 0 Å². The first kappa shape index (κ1) is 15.3. The van der Waals surface area contributed by atoms with Crippen molar-refractivity contribution in [2.45, 2.75) is 63.8 Å². The number of hydrogen-bond acceptors (Lipinski definition) is 3. The number of ether oxygens (including phenoxy) is 1. The third kappa shape index (κ3) is 3.11. The van der Waals surface area contributed by atoms with Crippen LogP contribution in [-0.2, 0) is 9.53 Å². The molecule has 0 bridgehead atoms. The van der Waals surface area contributed by atoms with Gasteiger partial charge in [0.25, 0.3) is 0 Å². The second kappa shape index (κ2) is 5.88. The molecule has 3 fully saturated rings. The van der Waals surface area contributed by atoms with E-state index in [0.717, 1.165) is 64.8 Å². The van der Waals surface area contributed by atoms with Crippen molar-refractivity contribution < 1.29 is 9.53 Å². The fraction of sp³-hybridized carbons (Fsp3) is 0.941. The van der Waals surface area contributed by atoms with Crippen molar-refractivity contribution in [2.24, 2.45) is 17.1 Å². The van der Waals surface area contributed by atoms with Gasteiger partial charge in [0.1, 0.15) is 0 Å². The molecule has 0 radical (unpaired) electrons. The molecule has 0 aromatic rings. The van der Waals surface area contributed by atoms with Gasteiger partial charge in [0, 0.05) is 30.7 Å². The second-order valence-corrected chi connectivity index (χ2v) is 7.82. The third-order valence-electron chi connectivity index (χ3n) is 5.93. The quantitative estimate of drug-likeness (QED) is 0.807. The van der Waals surface area contributed by atoms with Crippen molar-refractivity contribution in [3.05, 3.63) is 0 Å². The van der Waals surface area contributed by atoms with Gasteiger partial charge in [-0.15, -0.1) is 0 Å². The number of likely N-dealkylation sites (tertiary alicyclic amines) is 1. The van der Waals surface area contributed by atoms with Gasteiger partial charge < -0.3 is 15.4 Å². The maximum atomic E-state index is 13.0.